The highest BCUT2D eigenvalue weighted by Gasteiger charge is 2.57. The molecule has 3 atom stereocenters. The third-order valence-electron chi connectivity index (χ3n) is 8.72. The van der Waals surface area contributed by atoms with Crippen molar-refractivity contribution in [1.29, 1.82) is 0 Å². The monoisotopic (exact) mass is 511 g/mol. The normalized spacial score (nSPS) is 28.2. The van der Waals surface area contributed by atoms with Gasteiger partial charge in [-0.1, -0.05) is 19.3 Å². The van der Waals surface area contributed by atoms with Crippen LogP contribution in [-0.2, 0) is 27.4 Å². The number of allylic oxidation sites excluding steroid dienone is 1. The molecule has 5 rings (SSSR count). The number of aryl methyl sites for hydroxylation is 1. The lowest BCUT2D eigenvalue weighted by Gasteiger charge is -2.48. The second kappa shape index (κ2) is 9.38. The fourth-order valence-corrected chi connectivity index (χ4v) is 6.87. The predicted octanol–water partition coefficient (Wildman–Crippen LogP) is 2.22. The number of carbonyl (C=O) groups excluding carboxylic acids is 3. The molecule has 0 spiro atoms. The van der Waals surface area contributed by atoms with Gasteiger partial charge in [-0.25, -0.2) is 0 Å². The fourth-order valence-electron chi connectivity index (χ4n) is 6.87. The highest BCUT2D eigenvalue weighted by molar-refractivity contribution is 6.20. The Hall–Kier alpha value is -3.01. The number of hydrogen-bond donors (Lipinski definition) is 5. The molecule has 0 heterocycles. The number of amides is 1. The van der Waals surface area contributed by atoms with E-state index in [9.17, 15) is 34.8 Å². The van der Waals surface area contributed by atoms with E-state index in [4.69, 9.17) is 10.5 Å². The van der Waals surface area contributed by atoms with Gasteiger partial charge < -0.3 is 30.9 Å². The van der Waals surface area contributed by atoms with Crippen LogP contribution in [0.25, 0.3) is 0 Å². The first-order valence-electron chi connectivity index (χ1n) is 12.9. The molecule has 6 N–H and O–H groups in total. The number of nitrogens with two attached hydrogens (primary N) is 1. The quantitative estimate of drug-likeness (QED) is 0.375. The molecule has 9 nitrogen and oxygen atoms in total. The largest absolute Gasteiger partial charge is 0.508 e. The maximum absolute atomic E-state index is 13.9. The molecular formula is C28H33NO8. The predicted molar refractivity (Wildman–Crippen MR) is 132 cm³/mol. The number of Topliss-reactive ketones (excluding diaryl/α,β-unsaturated/α-hetero) is 2. The van der Waals surface area contributed by atoms with Crippen molar-refractivity contribution in [2.45, 2.75) is 76.6 Å². The van der Waals surface area contributed by atoms with Gasteiger partial charge in [0.2, 0.25) is 0 Å². The van der Waals surface area contributed by atoms with Crippen molar-refractivity contribution in [3.8, 4) is 5.75 Å². The second-order valence-corrected chi connectivity index (χ2v) is 10.8. The summed E-state index contributed by atoms with van der Waals surface area (Å²) in [5.41, 5.74) is 4.34. The van der Waals surface area contributed by atoms with Crippen LogP contribution < -0.4 is 5.73 Å². The number of phenolic OH excluding ortho intramolecular Hbond substituents is 1. The van der Waals surface area contributed by atoms with Crippen LogP contribution in [0.1, 0.15) is 72.0 Å². The lowest BCUT2D eigenvalue weighted by molar-refractivity contribution is -0.126. The maximum Gasteiger partial charge on any atom is 0.255 e. The number of aromatic hydroxyl groups is 1. The summed E-state index contributed by atoms with van der Waals surface area (Å²) < 4.78 is 6.05. The van der Waals surface area contributed by atoms with E-state index in [1.54, 1.807) is 0 Å². The molecule has 0 radical (unpaired) electrons. The Kier molecular flexibility index (Phi) is 6.50. The summed E-state index contributed by atoms with van der Waals surface area (Å²) in [4.78, 5) is 38.3. The van der Waals surface area contributed by atoms with Gasteiger partial charge in [-0.05, 0) is 55.7 Å². The van der Waals surface area contributed by atoms with Crippen LogP contribution in [0.2, 0.25) is 0 Å². The van der Waals surface area contributed by atoms with E-state index < -0.39 is 52.8 Å². The molecule has 0 aliphatic heterocycles. The molecule has 1 aromatic rings. The summed E-state index contributed by atoms with van der Waals surface area (Å²) in [7, 11) is 0. The molecule has 0 aromatic heterocycles. The van der Waals surface area contributed by atoms with Crippen molar-refractivity contribution in [3.05, 3.63) is 50.8 Å². The van der Waals surface area contributed by atoms with Crippen LogP contribution >= 0.6 is 0 Å². The van der Waals surface area contributed by atoms with E-state index in [0.29, 0.717) is 17.5 Å². The van der Waals surface area contributed by atoms with E-state index in [1.807, 2.05) is 13.0 Å². The van der Waals surface area contributed by atoms with Crippen molar-refractivity contribution < 1.29 is 39.5 Å². The first-order valence-corrected chi connectivity index (χ1v) is 12.9. The van der Waals surface area contributed by atoms with Gasteiger partial charge in [0.05, 0.1) is 24.9 Å². The standard InChI is InChI=1S/C28H33NO8/c1-13-7-15(12-37-17-5-3-2-4-6-17)24(32)22-18(13)9-14-8-16-10-20(31)23(27(29)35)26(34)28(16,36)19(11-30)21(14)25(22)33/h7,14,16-17,30,32,34,36H,2-6,8-12H2,1H3,(H2,29,35). The van der Waals surface area contributed by atoms with Crippen LogP contribution in [0.4, 0.5) is 0 Å². The first kappa shape index (κ1) is 25.6. The fraction of sp³-hybridized carbons (Fsp3) is 0.536. The van der Waals surface area contributed by atoms with E-state index in [2.05, 4.69) is 0 Å². The maximum atomic E-state index is 13.9. The van der Waals surface area contributed by atoms with Crippen molar-refractivity contribution in [2.75, 3.05) is 6.61 Å². The van der Waals surface area contributed by atoms with Gasteiger partial charge in [-0.15, -0.1) is 0 Å². The average Bonchev–Trinajstić information content (AvgIpc) is 2.86. The van der Waals surface area contributed by atoms with Gasteiger partial charge in [-0.2, -0.15) is 0 Å². The Bertz CT molecular complexity index is 1260. The number of rotatable bonds is 5. The zero-order valence-electron chi connectivity index (χ0n) is 20.9. The zero-order valence-corrected chi connectivity index (χ0v) is 20.9. The molecule has 37 heavy (non-hydrogen) atoms. The molecule has 1 amide bonds. The molecule has 0 saturated heterocycles. The number of ether oxygens (including phenoxy) is 1. The smallest absolute Gasteiger partial charge is 0.255 e. The molecule has 198 valence electrons. The van der Waals surface area contributed by atoms with Crippen LogP contribution in [-0.4, -0.2) is 56.2 Å². The third kappa shape index (κ3) is 3.91. The van der Waals surface area contributed by atoms with Crippen molar-refractivity contribution in [1.82, 2.24) is 0 Å². The minimum absolute atomic E-state index is 0.0959. The highest BCUT2D eigenvalue weighted by atomic mass is 16.5. The Morgan fingerprint density at radius 2 is 1.86 bits per heavy atom. The summed E-state index contributed by atoms with van der Waals surface area (Å²) in [6, 6.07) is 1.84. The van der Waals surface area contributed by atoms with Gasteiger partial charge in [0.25, 0.3) is 5.91 Å². The number of carbonyl (C=O) groups is 3. The van der Waals surface area contributed by atoms with E-state index >= 15 is 0 Å². The van der Waals surface area contributed by atoms with E-state index in [-0.39, 0.29) is 48.0 Å². The van der Waals surface area contributed by atoms with Gasteiger partial charge in [0, 0.05) is 29.0 Å². The zero-order chi connectivity index (χ0) is 26.6. The summed E-state index contributed by atoms with van der Waals surface area (Å²) in [5.74, 6) is -4.81. The summed E-state index contributed by atoms with van der Waals surface area (Å²) in [6.45, 7) is 1.25. The van der Waals surface area contributed by atoms with Gasteiger partial charge in [0.1, 0.15) is 22.7 Å². The van der Waals surface area contributed by atoms with Crippen LogP contribution in [0.5, 0.6) is 5.75 Å². The van der Waals surface area contributed by atoms with Crippen LogP contribution in [0, 0.1) is 18.8 Å². The molecule has 1 saturated carbocycles. The SMILES string of the molecule is Cc1cc(COC2CCCCC2)c(O)c2c1CC1CC3CC(=O)C(C(N)=O)=C(O)C3(O)C(CO)=C1C2=O. The van der Waals surface area contributed by atoms with Crippen LogP contribution in [0.15, 0.2) is 28.5 Å². The summed E-state index contributed by atoms with van der Waals surface area (Å²) in [6.07, 6.45) is 5.71. The minimum atomic E-state index is -2.28. The number of ketones is 2. The molecule has 0 bridgehead atoms. The highest BCUT2D eigenvalue weighted by Crippen LogP contribution is 2.53. The number of aliphatic hydroxyl groups is 3. The van der Waals surface area contributed by atoms with Crippen molar-refractivity contribution in [3.63, 3.8) is 0 Å². The molecule has 1 fully saturated rings. The lowest BCUT2D eigenvalue weighted by atomic mass is 9.58. The van der Waals surface area contributed by atoms with E-state index in [1.165, 1.54) is 6.42 Å². The lowest BCUT2D eigenvalue weighted by Crippen LogP contribution is -2.54. The molecule has 4 aliphatic rings. The Morgan fingerprint density at radius 3 is 2.51 bits per heavy atom. The number of fused-ring (bicyclic) bond motifs is 3. The molecular weight excluding hydrogens is 478 g/mol. The minimum Gasteiger partial charge on any atom is -0.508 e. The van der Waals surface area contributed by atoms with Crippen LogP contribution in [0.3, 0.4) is 0 Å². The Morgan fingerprint density at radius 1 is 1.16 bits per heavy atom. The third-order valence-corrected chi connectivity index (χ3v) is 8.72. The molecule has 1 aromatic carbocycles. The summed E-state index contributed by atoms with van der Waals surface area (Å²) in [5, 5.41) is 44.0. The molecule has 3 unspecified atom stereocenters. The van der Waals surface area contributed by atoms with Gasteiger partial charge in [0.15, 0.2) is 11.6 Å². The average molecular weight is 512 g/mol. The number of benzene rings is 1. The molecule has 9 heteroatoms. The van der Waals surface area contributed by atoms with Crippen molar-refractivity contribution in [2.24, 2.45) is 17.6 Å². The topological polar surface area (TPSA) is 167 Å². The number of hydrogen-bond acceptors (Lipinski definition) is 8. The molecule has 4 aliphatic carbocycles. The van der Waals surface area contributed by atoms with Crippen molar-refractivity contribution >= 4 is 17.5 Å². The summed E-state index contributed by atoms with van der Waals surface area (Å²) >= 11 is 0. The number of phenols is 1. The first-order chi connectivity index (χ1) is 17.6. The van der Waals surface area contributed by atoms with Gasteiger partial charge in [-0.3, -0.25) is 14.4 Å². The number of aliphatic hydroxyl groups excluding tert-OH is 2. The Balaban J connectivity index is 1.59. The second-order valence-electron chi connectivity index (χ2n) is 10.8. The van der Waals surface area contributed by atoms with Gasteiger partial charge >= 0.3 is 0 Å². The van der Waals surface area contributed by atoms with E-state index in [0.717, 1.165) is 31.2 Å². The number of primary amides is 1. The Labute approximate surface area is 214 Å².